The number of carbonyl (C=O) groups is 1. The number of rotatable bonds is 6. The van der Waals surface area contributed by atoms with Crippen LogP contribution >= 0.6 is 0 Å². The average molecular weight is 404 g/mol. The molecule has 2 aromatic carbocycles. The predicted octanol–water partition coefficient (Wildman–Crippen LogP) is 3.15. The fourth-order valence-electron chi connectivity index (χ4n) is 3.32. The Bertz CT molecular complexity index is 924. The molecule has 1 aliphatic rings. The Kier molecular flexibility index (Phi) is 6.36. The van der Waals surface area contributed by atoms with Gasteiger partial charge in [-0.05, 0) is 49.6 Å². The first-order valence-corrected chi connectivity index (χ1v) is 10.7. The van der Waals surface area contributed by atoms with E-state index in [-0.39, 0.29) is 24.0 Å². The largest absolute Gasteiger partial charge is 0.497 e. The van der Waals surface area contributed by atoms with Crippen LogP contribution in [0.25, 0.3) is 0 Å². The Morgan fingerprint density at radius 3 is 2.61 bits per heavy atom. The van der Waals surface area contributed by atoms with Crippen LogP contribution in [-0.2, 0) is 26.2 Å². The van der Waals surface area contributed by atoms with Gasteiger partial charge in [-0.2, -0.15) is 4.31 Å². The van der Waals surface area contributed by atoms with Gasteiger partial charge in [0.05, 0.1) is 17.9 Å². The van der Waals surface area contributed by atoms with E-state index >= 15 is 0 Å². The summed E-state index contributed by atoms with van der Waals surface area (Å²) in [6.07, 6.45) is 1.25. The second-order valence-electron chi connectivity index (χ2n) is 6.97. The summed E-state index contributed by atoms with van der Waals surface area (Å²) >= 11 is 0. The highest BCUT2D eigenvalue weighted by Gasteiger charge is 2.34. The number of piperidine rings is 1. The molecule has 3 rings (SSSR count). The third kappa shape index (κ3) is 4.72. The molecule has 6 nitrogen and oxygen atoms in total. The first kappa shape index (κ1) is 20.4. The van der Waals surface area contributed by atoms with Gasteiger partial charge in [0.15, 0.2) is 0 Å². The number of benzene rings is 2. The molecule has 2 aromatic rings. The Labute approximate surface area is 166 Å². The summed E-state index contributed by atoms with van der Waals surface area (Å²) in [4.78, 5) is 12.7. The number of hydrogen-bond acceptors (Lipinski definition) is 5. The molecule has 1 atom stereocenters. The summed E-state index contributed by atoms with van der Waals surface area (Å²) in [5.41, 5.74) is 2.02. The van der Waals surface area contributed by atoms with Gasteiger partial charge in [-0.1, -0.05) is 29.8 Å². The fourth-order valence-corrected chi connectivity index (χ4v) is 4.85. The van der Waals surface area contributed by atoms with Crippen molar-refractivity contribution < 1.29 is 22.7 Å². The van der Waals surface area contributed by atoms with Crippen molar-refractivity contribution in [2.24, 2.45) is 5.92 Å². The molecule has 7 heteroatoms. The first-order valence-electron chi connectivity index (χ1n) is 9.26. The standard InChI is InChI=1S/C21H25NO5S/c1-16-5-3-6-17(13-16)15-27-21(23)18-7-4-12-22(14-18)28(24,25)20-10-8-19(26-2)9-11-20/h3,5-6,8-11,13,18H,4,7,12,14-15H2,1-2H3. The van der Waals surface area contributed by atoms with Crippen LogP contribution < -0.4 is 4.74 Å². The summed E-state index contributed by atoms with van der Waals surface area (Å²) in [6, 6.07) is 14.0. The van der Waals surface area contributed by atoms with Crippen molar-refractivity contribution in [3.63, 3.8) is 0 Å². The van der Waals surface area contributed by atoms with Crippen LogP contribution in [0.4, 0.5) is 0 Å². The van der Waals surface area contributed by atoms with Crippen molar-refractivity contribution in [2.75, 3.05) is 20.2 Å². The first-order chi connectivity index (χ1) is 13.4. The van der Waals surface area contributed by atoms with E-state index in [9.17, 15) is 13.2 Å². The molecule has 28 heavy (non-hydrogen) atoms. The molecular formula is C21H25NO5S. The minimum Gasteiger partial charge on any atom is -0.497 e. The number of sulfonamides is 1. The molecule has 0 saturated carbocycles. The summed E-state index contributed by atoms with van der Waals surface area (Å²) < 4.78 is 37.7. The molecule has 1 fully saturated rings. The molecule has 1 aliphatic heterocycles. The van der Waals surface area contributed by atoms with Gasteiger partial charge in [-0.25, -0.2) is 8.42 Å². The third-order valence-corrected chi connectivity index (χ3v) is 6.76. The molecule has 0 N–H and O–H groups in total. The monoisotopic (exact) mass is 403 g/mol. The molecule has 1 saturated heterocycles. The second kappa shape index (κ2) is 8.75. The van der Waals surface area contributed by atoms with Gasteiger partial charge in [0, 0.05) is 13.1 Å². The SMILES string of the molecule is COc1ccc(S(=O)(=O)N2CCCC(C(=O)OCc3cccc(C)c3)C2)cc1. The number of hydrogen-bond donors (Lipinski definition) is 0. The predicted molar refractivity (Wildman–Crippen MR) is 105 cm³/mol. The van der Waals surface area contributed by atoms with Crippen LogP contribution in [0.2, 0.25) is 0 Å². The Morgan fingerprint density at radius 1 is 1.18 bits per heavy atom. The lowest BCUT2D eigenvalue weighted by molar-refractivity contribution is -0.151. The molecule has 1 heterocycles. The molecule has 0 amide bonds. The van der Waals surface area contributed by atoms with Gasteiger partial charge in [-0.15, -0.1) is 0 Å². The van der Waals surface area contributed by atoms with Gasteiger partial charge in [0.25, 0.3) is 0 Å². The van der Waals surface area contributed by atoms with Crippen LogP contribution in [-0.4, -0.2) is 38.9 Å². The number of nitrogens with zero attached hydrogens (tertiary/aromatic N) is 1. The normalized spacial score (nSPS) is 17.9. The molecule has 0 spiro atoms. The van der Waals surface area contributed by atoms with E-state index in [0.29, 0.717) is 25.1 Å². The maximum atomic E-state index is 12.9. The fraction of sp³-hybridized carbons (Fsp3) is 0.381. The lowest BCUT2D eigenvalue weighted by Crippen LogP contribution is -2.42. The van der Waals surface area contributed by atoms with E-state index in [4.69, 9.17) is 9.47 Å². The topological polar surface area (TPSA) is 72.9 Å². The minimum atomic E-state index is -3.66. The molecular weight excluding hydrogens is 378 g/mol. The van der Waals surface area contributed by atoms with Crippen LogP contribution in [0.1, 0.15) is 24.0 Å². The molecule has 0 aromatic heterocycles. The van der Waals surface area contributed by atoms with Crippen molar-refractivity contribution in [3.05, 3.63) is 59.7 Å². The minimum absolute atomic E-state index is 0.140. The Morgan fingerprint density at radius 2 is 1.93 bits per heavy atom. The van der Waals surface area contributed by atoms with Crippen molar-refractivity contribution in [3.8, 4) is 5.75 Å². The van der Waals surface area contributed by atoms with Gasteiger partial charge >= 0.3 is 5.97 Å². The zero-order valence-electron chi connectivity index (χ0n) is 16.1. The van der Waals surface area contributed by atoms with Crippen LogP contribution in [0, 0.1) is 12.8 Å². The molecule has 0 radical (unpaired) electrons. The summed E-state index contributed by atoms with van der Waals surface area (Å²) in [5, 5.41) is 0. The number of carbonyl (C=O) groups excluding carboxylic acids is 1. The van der Waals surface area contributed by atoms with E-state index < -0.39 is 15.9 Å². The van der Waals surface area contributed by atoms with Gasteiger partial charge < -0.3 is 9.47 Å². The third-order valence-electron chi connectivity index (χ3n) is 4.88. The van der Waals surface area contributed by atoms with Crippen molar-refractivity contribution in [1.82, 2.24) is 4.31 Å². The number of methoxy groups -OCH3 is 1. The summed E-state index contributed by atoms with van der Waals surface area (Å²) in [7, 11) is -2.13. The Balaban J connectivity index is 1.64. The summed E-state index contributed by atoms with van der Waals surface area (Å²) in [5.74, 6) is -0.210. The number of esters is 1. The average Bonchev–Trinajstić information content (AvgIpc) is 2.72. The molecule has 0 bridgehead atoms. The zero-order chi connectivity index (χ0) is 20.1. The van der Waals surface area contributed by atoms with E-state index in [1.54, 1.807) is 12.1 Å². The zero-order valence-corrected chi connectivity index (χ0v) is 16.9. The molecule has 150 valence electrons. The Hall–Kier alpha value is -2.38. The van der Waals surface area contributed by atoms with E-state index in [1.165, 1.54) is 23.5 Å². The molecule has 0 aliphatic carbocycles. The van der Waals surface area contributed by atoms with Crippen LogP contribution in [0.15, 0.2) is 53.4 Å². The second-order valence-corrected chi connectivity index (χ2v) is 8.91. The lowest BCUT2D eigenvalue weighted by Gasteiger charge is -2.30. The van der Waals surface area contributed by atoms with E-state index in [2.05, 4.69) is 0 Å². The maximum Gasteiger partial charge on any atom is 0.310 e. The lowest BCUT2D eigenvalue weighted by atomic mass is 10.00. The van der Waals surface area contributed by atoms with Crippen LogP contribution in [0.3, 0.4) is 0 Å². The van der Waals surface area contributed by atoms with Crippen molar-refractivity contribution in [1.29, 1.82) is 0 Å². The highest BCUT2D eigenvalue weighted by atomic mass is 32.2. The van der Waals surface area contributed by atoms with Crippen molar-refractivity contribution in [2.45, 2.75) is 31.3 Å². The van der Waals surface area contributed by atoms with Gasteiger partial charge in [-0.3, -0.25) is 4.79 Å². The van der Waals surface area contributed by atoms with E-state index in [0.717, 1.165) is 11.1 Å². The number of ether oxygens (including phenoxy) is 2. The maximum absolute atomic E-state index is 12.9. The quantitative estimate of drug-likeness (QED) is 0.693. The van der Waals surface area contributed by atoms with Gasteiger partial charge in [0.2, 0.25) is 10.0 Å². The summed E-state index contributed by atoms with van der Waals surface area (Å²) in [6.45, 7) is 2.72. The smallest absolute Gasteiger partial charge is 0.310 e. The highest BCUT2D eigenvalue weighted by Crippen LogP contribution is 2.26. The molecule has 1 unspecified atom stereocenters. The van der Waals surface area contributed by atoms with E-state index in [1.807, 2.05) is 31.2 Å². The number of aryl methyl sites for hydroxylation is 1. The highest BCUT2D eigenvalue weighted by molar-refractivity contribution is 7.89. The van der Waals surface area contributed by atoms with Crippen molar-refractivity contribution >= 4 is 16.0 Å². The van der Waals surface area contributed by atoms with Crippen LogP contribution in [0.5, 0.6) is 5.75 Å². The van der Waals surface area contributed by atoms with Gasteiger partial charge in [0.1, 0.15) is 12.4 Å².